The highest BCUT2D eigenvalue weighted by Gasteiger charge is 2.43. The number of rotatable bonds is 2. The van der Waals surface area contributed by atoms with Crippen molar-refractivity contribution in [3.63, 3.8) is 0 Å². The first-order valence-corrected chi connectivity index (χ1v) is 9.44. The van der Waals surface area contributed by atoms with E-state index in [2.05, 4.69) is 20.4 Å². The largest absolute Gasteiger partial charge is 0.416 e. The third-order valence-corrected chi connectivity index (χ3v) is 5.90. The van der Waals surface area contributed by atoms with Crippen molar-refractivity contribution >= 4 is 17.4 Å². The van der Waals surface area contributed by atoms with Gasteiger partial charge in [0.05, 0.1) is 11.6 Å². The minimum Gasteiger partial charge on any atom is -0.337 e. The van der Waals surface area contributed by atoms with E-state index in [0.29, 0.717) is 24.3 Å². The van der Waals surface area contributed by atoms with E-state index in [-0.39, 0.29) is 29.5 Å². The molecule has 6 nitrogen and oxygen atoms in total. The first kappa shape index (κ1) is 18.3. The van der Waals surface area contributed by atoms with E-state index in [1.54, 1.807) is 16.3 Å². The van der Waals surface area contributed by atoms with E-state index in [9.17, 15) is 18.0 Å². The number of nitrogens with one attached hydrogen (secondary N) is 2. The van der Waals surface area contributed by atoms with Crippen molar-refractivity contribution in [1.29, 1.82) is 0 Å². The van der Waals surface area contributed by atoms with E-state index >= 15 is 0 Å². The van der Waals surface area contributed by atoms with Gasteiger partial charge >= 0.3 is 6.18 Å². The molecule has 0 saturated carbocycles. The third-order valence-electron chi connectivity index (χ3n) is 5.39. The lowest BCUT2D eigenvalue weighted by atomic mass is 9.83. The summed E-state index contributed by atoms with van der Waals surface area (Å²) < 4.78 is 43.5. The molecule has 2 fully saturated rings. The van der Waals surface area contributed by atoms with E-state index < -0.39 is 11.7 Å². The molecule has 2 aliphatic heterocycles. The second-order valence-corrected chi connectivity index (χ2v) is 7.49. The molecule has 1 amide bonds. The van der Waals surface area contributed by atoms with Crippen LogP contribution in [0.1, 0.15) is 39.6 Å². The van der Waals surface area contributed by atoms with Gasteiger partial charge in [0, 0.05) is 30.4 Å². The average Bonchev–Trinajstić information content (AvgIpc) is 3.30. The van der Waals surface area contributed by atoms with Gasteiger partial charge in [-0.2, -0.15) is 13.2 Å². The topological polar surface area (TPSA) is 70.2 Å². The van der Waals surface area contributed by atoms with Gasteiger partial charge in [-0.3, -0.25) is 10.2 Å². The monoisotopic (exact) mass is 397 g/mol. The van der Waals surface area contributed by atoms with Crippen molar-refractivity contribution in [1.82, 2.24) is 25.3 Å². The molecule has 2 aromatic rings. The summed E-state index contributed by atoms with van der Waals surface area (Å²) >= 11 is 1.11. The summed E-state index contributed by atoms with van der Waals surface area (Å²) in [6.45, 7) is 2.52. The second-order valence-electron chi connectivity index (χ2n) is 6.88. The van der Waals surface area contributed by atoms with E-state index in [0.717, 1.165) is 24.0 Å². The standard InChI is InChI=1S/C17H18F3N5OS/c1-9-10(3-2-4-12(9)17(18,19)20)15-11-7-25(6-5-13(11)21-23-15)16(26)14-8-27-24-22-14/h2-4,8,11,13,15,21,23H,5-7H2,1H3. The Kier molecular flexibility index (Phi) is 4.65. The van der Waals surface area contributed by atoms with Crippen LogP contribution in [-0.2, 0) is 6.18 Å². The van der Waals surface area contributed by atoms with Crippen LogP contribution in [0.25, 0.3) is 0 Å². The molecule has 2 saturated heterocycles. The number of alkyl halides is 3. The Balaban J connectivity index is 1.60. The Hall–Kier alpha value is -2.04. The molecule has 0 bridgehead atoms. The summed E-state index contributed by atoms with van der Waals surface area (Å²) in [4.78, 5) is 14.3. The normalized spacial score (nSPS) is 25.5. The highest BCUT2D eigenvalue weighted by molar-refractivity contribution is 7.03. The molecule has 0 aliphatic carbocycles. The van der Waals surface area contributed by atoms with Crippen molar-refractivity contribution in [3.8, 4) is 0 Å². The van der Waals surface area contributed by atoms with Crippen molar-refractivity contribution in [2.45, 2.75) is 31.6 Å². The van der Waals surface area contributed by atoms with Crippen molar-refractivity contribution in [3.05, 3.63) is 46.0 Å². The minimum atomic E-state index is -4.39. The molecule has 0 radical (unpaired) electrons. The zero-order valence-corrected chi connectivity index (χ0v) is 15.3. The zero-order chi connectivity index (χ0) is 19.2. The number of nitrogens with zero attached hydrogens (tertiary/aromatic N) is 3. The van der Waals surface area contributed by atoms with Gasteiger partial charge in [0.15, 0.2) is 5.69 Å². The van der Waals surface area contributed by atoms with Crippen LogP contribution in [0, 0.1) is 12.8 Å². The molecule has 10 heteroatoms. The second kappa shape index (κ2) is 6.84. The molecule has 27 heavy (non-hydrogen) atoms. The van der Waals surface area contributed by atoms with Crippen LogP contribution >= 0.6 is 11.5 Å². The highest BCUT2D eigenvalue weighted by Crippen LogP contribution is 2.39. The molecular formula is C17H18F3N5OS. The van der Waals surface area contributed by atoms with Gasteiger partial charge in [-0.25, -0.2) is 5.43 Å². The van der Waals surface area contributed by atoms with Crippen LogP contribution in [-0.4, -0.2) is 39.5 Å². The Morgan fingerprint density at radius 2 is 2.15 bits per heavy atom. The number of hydrazine groups is 1. The Morgan fingerprint density at radius 3 is 2.85 bits per heavy atom. The number of carbonyl (C=O) groups is 1. The summed E-state index contributed by atoms with van der Waals surface area (Å²) in [7, 11) is 0. The first-order valence-electron chi connectivity index (χ1n) is 8.60. The highest BCUT2D eigenvalue weighted by atomic mass is 32.1. The van der Waals surface area contributed by atoms with Crippen molar-refractivity contribution in [2.24, 2.45) is 5.92 Å². The maximum atomic E-state index is 13.3. The van der Waals surface area contributed by atoms with Crippen LogP contribution in [0.2, 0.25) is 0 Å². The SMILES string of the molecule is Cc1c(C2NNC3CCN(C(=O)c4csnn4)CC32)cccc1C(F)(F)F. The number of hydrogen-bond donors (Lipinski definition) is 2. The van der Waals surface area contributed by atoms with Gasteiger partial charge in [0.1, 0.15) is 0 Å². The molecule has 3 atom stereocenters. The number of likely N-dealkylation sites (tertiary alicyclic amines) is 1. The van der Waals surface area contributed by atoms with Crippen LogP contribution in [0.15, 0.2) is 23.6 Å². The summed E-state index contributed by atoms with van der Waals surface area (Å²) in [5.74, 6) is -0.218. The van der Waals surface area contributed by atoms with Crippen LogP contribution in [0.5, 0.6) is 0 Å². The fraction of sp³-hybridized carbons (Fsp3) is 0.471. The summed E-state index contributed by atoms with van der Waals surface area (Å²) in [5.41, 5.74) is 6.85. The quantitative estimate of drug-likeness (QED) is 0.815. The fourth-order valence-electron chi connectivity index (χ4n) is 4.01. The smallest absolute Gasteiger partial charge is 0.337 e. The van der Waals surface area contributed by atoms with Crippen LogP contribution in [0.3, 0.4) is 0 Å². The molecule has 3 unspecified atom stereocenters. The molecule has 2 aliphatic rings. The van der Waals surface area contributed by atoms with Gasteiger partial charge in [-0.05, 0) is 42.1 Å². The van der Waals surface area contributed by atoms with Crippen molar-refractivity contribution in [2.75, 3.05) is 13.1 Å². The molecular weight excluding hydrogens is 379 g/mol. The van der Waals surface area contributed by atoms with Gasteiger partial charge in [0.2, 0.25) is 0 Å². The minimum absolute atomic E-state index is 0.0310. The maximum Gasteiger partial charge on any atom is 0.416 e. The number of hydrogen-bond acceptors (Lipinski definition) is 6. The molecule has 1 aromatic carbocycles. The molecule has 4 rings (SSSR count). The zero-order valence-electron chi connectivity index (χ0n) is 14.5. The van der Waals surface area contributed by atoms with Gasteiger partial charge in [-0.1, -0.05) is 16.6 Å². The summed E-state index contributed by atoms with van der Waals surface area (Å²) in [6, 6.07) is 4.05. The Morgan fingerprint density at radius 1 is 1.33 bits per heavy atom. The van der Waals surface area contributed by atoms with Crippen LogP contribution < -0.4 is 10.9 Å². The predicted molar refractivity (Wildman–Crippen MR) is 92.9 cm³/mol. The number of carbonyl (C=O) groups excluding carboxylic acids is 1. The fourth-order valence-corrected chi connectivity index (χ4v) is 4.44. The van der Waals surface area contributed by atoms with Gasteiger partial charge in [-0.15, -0.1) is 5.10 Å². The number of aromatic nitrogens is 2. The molecule has 3 heterocycles. The van der Waals surface area contributed by atoms with Gasteiger partial charge < -0.3 is 4.90 Å². The van der Waals surface area contributed by atoms with Crippen LogP contribution in [0.4, 0.5) is 13.2 Å². The molecule has 2 N–H and O–H groups in total. The van der Waals surface area contributed by atoms with E-state index in [4.69, 9.17) is 0 Å². The molecule has 0 spiro atoms. The summed E-state index contributed by atoms with van der Waals surface area (Å²) in [5, 5.41) is 5.43. The van der Waals surface area contributed by atoms with E-state index in [1.807, 2.05) is 0 Å². The number of benzene rings is 1. The Bertz CT molecular complexity index is 842. The lowest BCUT2D eigenvalue weighted by Crippen LogP contribution is -2.48. The predicted octanol–water partition coefficient (Wildman–Crippen LogP) is 2.55. The maximum absolute atomic E-state index is 13.3. The molecule has 1 aromatic heterocycles. The third kappa shape index (κ3) is 3.32. The number of amides is 1. The summed E-state index contributed by atoms with van der Waals surface area (Å²) in [6.07, 6.45) is -3.67. The molecule has 144 valence electrons. The first-order chi connectivity index (χ1) is 12.9. The Labute approximate surface area is 157 Å². The number of halogens is 3. The lowest BCUT2D eigenvalue weighted by Gasteiger charge is -2.36. The number of fused-ring (bicyclic) bond motifs is 1. The van der Waals surface area contributed by atoms with Crippen molar-refractivity contribution < 1.29 is 18.0 Å². The average molecular weight is 397 g/mol. The van der Waals surface area contributed by atoms with Gasteiger partial charge in [0.25, 0.3) is 5.91 Å². The number of piperidine rings is 1. The lowest BCUT2D eigenvalue weighted by molar-refractivity contribution is -0.138. The van der Waals surface area contributed by atoms with E-state index in [1.165, 1.54) is 13.0 Å².